The molecule has 0 saturated heterocycles. The van der Waals surface area contributed by atoms with Gasteiger partial charge in [0.05, 0.1) is 6.10 Å². The number of carbonyl (C=O) groups excluding carboxylic acids is 1. The number of rotatable bonds is 9. The molecule has 116 valence electrons. The molecule has 2 nitrogen and oxygen atoms in total. The summed E-state index contributed by atoms with van der Waals surface area (Å²) in [6.07, 6.45) is 3.77. The molecule has 1 atom stereocenters. The summed E-state index contributed by atoms with van der Waals surface area (Å²) in [6, 6.07) is 20.5. The maximum atomic E-state index is 12.1. The van der Waals surface area contributed by atoms with Gasteiger partial charge in [0, 0.05) is 20.0 Å². The third-order valence-corrected chi connectivity index (χ3v) is 3.86. The predicted molar refractivity (Wildman–Crippen MR) is 89.9 cm³/mol. The van der Waals surface area contributed by atoms with Gasteiger partial charge in [-0.15, -0.1) is 0 Å². The zero-order chi connectivity index (χ0) is 15.6. The van der Waals surface area contributed by atoms with E-state index in [1.54, 1.807) is 7.11 Å². The lowest BCUT2D eigenvalue weighted by molar-refractivity contribution is -0.121. The van der Waals surface area contributed by atoms with Gasteiger partial charge in [0.1, 0.15) is 5.78 Å². The zero-order valence-electron chi connectivity index (χ0n) is 13.2. The summed E-state index contributed by atoms with van der Waals surface area (Å²) in [5.41, 5.74) is 2.51. The van der Waals surface area contributed by atoms with Crippen LogP contribution in [0.15, 0.2) is 60.7 Å². The molecule has 1 unspecified atom stereocenters. The maximum absolute atomic E-state index is 12.1. The Labute approximate surface area is 133 Å². The fourth-order valence-corrected chi connectivity index (χ4v) is 2.61. The summed E-state index contributed by atoms with van der Waals surface area (Å²) in [7, 11) is 1.69. The standard InChI is InChI=1S/C20H24O2/c1-22-20(15-18-11-6-3-7-12-18)16-19(21)14-8-13-17-9-4-2-5-10-17/h2-7,9-12,20H,8,13-16H2,1H3. The minimum atomic E-state index is -0.0216. The highest BCUT2D eigenvalue weighted by molar-refractivity contribution is 5.78. The molecule has 2 aromatic rings. The normalized spacial score (nSPS) is 12.0. The van der Waals surface area contributed by atoms with Gasteiger partial charge in [0.2, 0.25) is 0 Å². The van der Waals surface area contributed by atoms with E-state index in [9.17, 15) is 4.79 Å². The molecule has 22 heavy (non-hydrogen) atoms. The van der Waals surface area contributed by atoms with Crippen molar-refractivity contribution < 1.29 is 9.53 Å². The van der Waals surface area contributed by atoms with Crippen molar-refractivity contribution in [1.82, 2.24) is 0 Å². The molecule has 0 heterocycles. The van der Waals surface area contributed by atoms with Crippen LogP contribution >= 0.6 is 0 Å². The van der Waals surface area contributed by atoms with E-state index in [0.717, 1.165) is 19.3 Å². The van der Waals surface area contributed by atoms with Crippen LogP contribution in [0.3, 0.4) is 0 Å². The van der Waals surface area contributed by atoms with Crippen molar-refractivity contribution in [1.29, 1.82) is 0 Å². The van der Waals surface area contributed by atoms with Crippen LogP contribution in [0, 0.1) is 0 Å². The first-order valence-corrected chi connectivity index (χ1v) is 7.90. The lowest BCUT2D eigenvalue weighted by atomic mass is 10.00. The minimum absolute atomic E-state index is 0.0216. The molecule has 0 N–H and O–H groups in total. The van der Waals surface area contributed by atoms with Crippen molar-refractivity contribution >= 4 is 5.78 Å². The summed E-state index contributed by atoms with van der Waals surface area (Å²) in [5.74, 6) is 0.290. The van der Waals surface area contributed by atoms with Crippen LogP contribution in [-0.2, 0) is 22.4 Å². The Hall–Kier alpha value is -1.93. The van der Waals surface area contributed by atoms with E-state index in [2.05, 4.69) is 24.3 Å². The molecule has 2 heteroatoms. The predicted octanol–water partition coefficient (Wildman–Crippen LogP) is 4.23. The van der Waals surface area contributed by atoms with Gasteiger partial charge in [-0.05, 0) is 30.4 Å². The zero-order valence-corrected chi connectivity index (χ0v) is 13.2. The molecule has 0 amide bonds. The molecular formula is C20H24O2. The average molecular weight is 296 g/mol. The third kappa shape index (κ3) is 5.82. The number of benzene rings is 2. The summed E-state index contributed by atoms with van der Waals surface area (Å²) < 4.78 is 5.47. The quantitative estimate of drug-likeness (QED) is 0.692. The van der Waals surface area contributed by atoms with Crippen LogP contribution in [0.4, 0.5) is 0 Å². The molecular weight excluding hydrogens is 272 g/mol. The van der Waals surface area contributed by atoms with E-state index in [1.807, 2.05) is 36.4 Å². The highest BCUT2D eigenvalue weighted by Crippen LogP contribution is 2.12. The number of hydrogen-bond donors (Lipinski definition) is 0. The maximum Gasteiger partial charge on any atom is 0.135 e. The van der Waals surface area contributed by atoms with E-state index >= 15 is 0 Å². The molecule has 0 aromatic heterocycles. The first-order chi connectivity index (χ1) is 10.8. The Morgan fingerprint density at radius 2 is 1.55 bits per heavy atom. The smallest absolute Gasteiger partial charge is 0.135 e. The van der Waals surface area contributed by atoms with E-state index in [-0.39, 0.29) is 6.10 Å². The van der Waals surface area contributed by atoms with Crippen molar-refractivity contribution in [3.63, 3.8) is 0 Å². The van der Waals surface area contributed by atoms with Crippen molar-refractivity contribution in [2.45, 2.75) is 38.2 Å². The monoisotopic (exact) mass is 296 g/mol. The van der Waals surface area contributed by atoms with Crippen LogP contribution in [0.1, 0.15) is 30.4 Å². The number of Topliss-reactive ketones (excluding diaryl/α,β-unsaturated/α-hetero) is 1. The van der Waals surface area contributed by atoms with Crippen molar-refractivity contribution in [3.8, 4) is 0 Å². The number of ketones is 1. The molecule has 2 rings (SSSR count). The Bertz CT molecular complexity index is 548. The Morgan fingerprint density at radius 3 is 2.14 bits per heavy atom. The molecule has 0 radical (unpaired) electrons. The van der Waals surface area contributed by atoms with Crippen LogP contribution < -0.4 is 0 Å². The highest BCUT2D eigenvalue weighted by Gasteiger charge is 2.13. The van der Waals surface area contributed by atoms with E-state index < -0.39 is 0 Å². The van der Waals surface area contributed by atoms with Gasteiger partial charge in [-0.2, -0.15) is 0 Å². The SMILES string of the molecule is COC(CC(=O)CCCc1ccccc1)Cc1ccccc1. The fraction of sp³-hybridized carbons (Fsp3) is 0.350. The molecule has 0 fully saturated rings. The van der Waals surface area contributed by atoms with Crippen molar-refractivity contribution in [2.75, 3.05) is 7.11 Å². The van der Waals surface area contributed by atoms with Gasteiger partial charge in [-0.3, -0.25) is 4.79 Å². The fourth-order valence-electron chi connectivity index (χ4n) is 2.61. The van der Waals surface area contributed by atoms with Gasteiger partial charge in [0.25, 0.3) is 0 Å². The number of methoxy groups -OCH3 is 1. The Morgan fingerprint density at radius 1 is 0.955 bits per heavy atom. The van der Waals surface area contributed by atoms with Gasteiger partial charge in [0.15, 0.2) is 0 Å². The van der Waals surface area contributed by atoms with Gasteiger partial charge < -0.3 is 4.74 Å². The first-order valence-electron chi connectivity index (χ1n) is 7.90. The van der Waals surface area contributed by atoms with Crippen molar-refractivity contribution in [3.05, 3.63) is 71.8 Å². The Kier molecular flexibility index (Phi) is 6.85. The largest absolute Gasteiger partial charge is 0.381 e. The van der Waals surface area contributed by atoms with Gasteiger partial charge in [-0.25, -0.2) is 0 Å². The molecule has 2 aromatic carbocycles. The molecule has 0 bridgehead atoms. The number of aryl methyl sites for hydroxylation is 1. The second-order valence-electron chi connectivity index (χ2n) is 5.63. The van der Waals surface area contributed by atoms with Crippen LogP contribution in [-0.4, -0.2) is 19.0 Å². The molecule has 0 spiro atoms. The summed E-state index contributed by atoms with van der Waals surface area (Å²) in [5, 5.41) is 0. The van der Waals surface area contributed by atoms with Crippen LogP contribution in [0.5, 0.6) is 0 Å². The lowest BCUT2D eigenvalue weighted by Crippen LogP contribution is -2.19. The number of ether oxygens (including phenoxy) is 1. The van der Waals surface area contributed by atoms with Crippen LogP contribution in [0.2, 0.25) is 0 Å². The number of hydrogen-bond acceptors (Lipinski definition) is 2. The van der Waals surface area contributed by atoms with E-state index in [1.165, 1.54) is 11.1 Å². The number of carbonyl (C=O) groups is 1. The topological polar surface area (TPSA) is 26.3 Å². The van der Waals surface area contributed by atoms with Gasteiger partial charge in [-0.1, -0.05) is 60.7 Å². The molecule has 0 aliphatic rings. The third-order valence-electron chi connectivity index (χ3n) is 3.86. The minimum Gasteiger partial charge on any atom is -0.381 e. The second-order valence-corrected chi connectivity index (χ2v) is 5.63. The van der Waals surface area contributed by atoms with Crippen LogP contribution in [0.25, 0.3) is 0 Å². The molecule has 0 saturated carbocycles. The highest BCUT2D eigenvalue weighted by atomic mass is 16.5. The summed E-state index contributed by atoms with van der Waals surface area (Å²) >= 11 is 0. The Balaban J connectivity index is 1.72. The van der Waals surface area contributed by atoms with E-state index in [0.29, 0.717) is 18.6 Å². The second kappa shape index (κ2) is 9.16. The van der Waals surface area contributed by atoms with E-state index in [4.69, 9.17) is 4.74 Å². The van der Waals surface area contributed by atoms with Gasteiger partial charge >= 0.3 is 0 Å². The molecule has 0 aliphatic heterocycles. The molecule has 0 aliphatic carbocycles. The summed E-state index contributed by atoms with van der Waals surface area (Å²) in [6.45, 7) is 0. The summed E-state index contributed by atoms with van der Waals surface area (Å²) in [4.78, 5) is 12.1. The van der Waals surface area contributed by atoms with Crippen molar-refractivity contribution in [2.24, 2.45) is 0 Å². The first kappa shape index (κ1) is 16.4. The average Bonchev–Trinajstić information content (AvgIpc) is 2.56. The lowest BCUT2D eigenvalue weighted by Gasteiger charge is -2.14.